The highest BCUT2D eigenvalue weighted by atomic mass is 16.5. The molecule has 7 nitrogen and oxygen atoms in total. The highest BCUT2D eigenvalue weighted by Crippen LogP contribution is 2.39. The molecule has 1 atom stereocenters. The van der Waals surface area contributed by atoms with E-state index in [1.54, 1.807) is 19.2 Å². The van der Waals surface area contributed by atoms with Crippen LogP contribution < -0.4 is 19.5 Å². The SMILES string of the molecule is COc1ccc(C(=O)NCC2CN(CC(C)C)CCO2)c(OC)c1OC. The van der Waals surface area contributed by atoms with Crippen molar-refractivity contribution in [2.45, 2.75) is 20.0 Å². The topological polar surface area (TPSA) is 69.3 Å². The number of hydrogen-bond donors (Lipinski definition) is 1. The molecule has 1 N–H and O–H groups in total. The first kappa shape index (κ1) is 20.3. The summed E-state index contributed by atoms with van der Waals surface area (Å²) in [5.74, 6) is 1.66. The summed E-state index contributed by atoms with van der Waals surface area (Å²) < 4.78 is 21.7. The van der Waals surface area contributed by atoms with Gasteiger partial charge >= 0.3 is 0 Å². The van der Waals surface area contributed by atoms with Gasteiger partial charge in [0.2, 0.25) is 5.75 Å². The standard InChI is InChI=1S/C19H30N2O5/c1-13(2)11-21-8-9-26-14(12-21)10-20-19(22)15-6-7-16(23-3)18(25-5)17(15)24-4/h6-7,13-14H,8-12H2,1-5H3,(H,20,22). The van der Waals surface area contributed by atoms with Gasteiger partial charge in [0, 0.05) is 26.2 Å². The zero-order valence-corrected chi connectivity index (χ0v) is 16.3. The molecule has 0 aliphatic carbocycles. The number of carbonyl (C=O) groups excluding carboxylic acids is 1. The lowest BCUT2D eigenvalue weighted by Gasteiger charge is -2.34. The minimum Gasteiger partial charge on any atom is -0.493 e. The lowest BCUT2D eigenvalue weighted by atomic mass is 10.1. The Bertz CT molecular complexity index is 606. The van der Waals surface area contributed by atoms with Gasteiger partial charge in [-0.05, 0) is 18.1 Å². The third-order valence-corrected chi connectivity index (χ3v) is 4.29. The zero-order valence-electron chi connectivity index (χ0n) is 16.3. The summed E-state index contributed by atoms with van der Waals surface area (Å²) >= 11 is 0. The Morgan fingerprint density at radius 3 is 2.58 bits per heavy atom. The molecule has 26 heavy (non-hydrogen) atoms. The van der Waals surface area contributed by atoms with Crippen LogP contribution in [0, 0.1) is 5.92 Å². The summed E-state index contributed by atoms with van der Waals surface area (Å²) in [4.78, 5) is 15.0. The summed E-state index contributed by atoms with van der Waals surface area (Å²) in [6.45, 7) is 8.34. The van der Waals surface area contributed by atoms with Crippen LogP contribution in [0.4, 0.5) is 0 Å². The van der Waals surface area contributed by atoms with Crippen LogP contribution in [0.2, 0.25) is 0 Å². The van der Waals surface area contributed by atoms with Crippen LogP contribution in [-0.4, -0.2) is 71.0 Å². The molecule has 1 amide bonds. The molecule has 0 aromatic heterocycles. The number of morpholine rings is 1. The normalized spacial score (nSPS) is 17.8. The average Bonchev–Trinajstić information content (AvgIpc) is 2.64. The molecule has 1 aromatic carbocycles. The molecule has 0 spiro atoms. The second kappa shape index (κ2) is 9.64. The fraction of sp³-hybridized carbons (Fsp3) is 0.632. The maximum absolute atomic E-state index is 12.6. The summed E-state index contributed by atoms with van der Waals surface area (Å²) in [5, 5.41) is 2.94. The number of amides is 1. The number of ether oxygens (including phenoxy) is 4. The van der Waals surface area contributed by atoms with Gasteiger partial charge in [0.05, 0.1) is 39.6 Å². The van der Waals surface area contributed by atoms with Crippen molar-refractivity contribution in [2.75, 3.05) is 54.1 Å². The second-order valence-electron chi connectivity index (χ2n) is 6.74. The monoisotopic (exact) mass is 366 g/mol. The number of hydrogen-bond acceptors (Lipinski definition) is 6. The van der Waals surface area contributed by atoms with Gasteiger partial charge in [-0.15, -0.1) is 0 Å². The van der Waals surface area contributed by atoms with Gasteiger partial charge < -0.3 is 24.3 Å². The molecule has 1 saturated heterocycles. The third-order valence-electron chi connectivity index (χ3n) is 4.29. The maximum atomic E-state index is 12.6. The molecular formula is C19H30N2O5. The van der Waals surface area contributed by atoms with Crippen molar-refractivity contribution in [1.29, 1.82) is 0 Å². The maximum Gasteiger partial charge on any atom is 0.255 e. The number of nitrogens with one attached hydrogen (secondary N) is 1. The predicted octanol–water partition coefficient (Wildman–Crippen LogP) is 1.80. The van der Waals surface area contributed by atoms with E-state index in [0.717, 1.165) is 19.6 Å². The van der Waals surface area contributed by atoms with E-state index in [-0.39, 0.29) is 12.0 Å². The molecule has 1 unspecified atom stereocenters. The number of rotatable bonds is 8. The number of benzene rings is 1. The highest BCUT2D eigenvalue weighted by molar-refractivity contribution is 5.98. The molecule has 146 valence electrons. The molecule has 0 radical (unpaired) electrons. The van der Waals surface area contributed by atoms with Crippen LogP contribution in [-0.2, 0) is 4.74 Å². The van der Waals surface area contributed by atoms with E-state index >= 15 is 0 Å². The van der Waals surface area contributed by atoms with Crippen molar-refractivity contribution < 1.29 is 23.7 Å². The first-order valence-corrected chi connectivity index (χ1v) is 8.91. The van der Waals surface area contributed by atoms with Gasteiger partial charge in [0.25, 0.3) is 5.91 Å². The van der Waals surface area contributed by atoms with Gasteiger partial charge in [-0.1, -0.05) is 13.8 Å². The average molecular weight is 366 g/mol. The van der Waals surface area contributed by atoms with Gasteiger partial charge in [-0.25, -0.2) is 0 Å². The van der Waals surface area contributed by atoms with Crippen molar-refractivity contribution in [3.63, 3.8) is 0 Å². The second-order valence-corrected chi connectivity index (χ2v) is 6.74. The van der Waals surface area contributed by atoms with Crippen LogP contribution in [0.3, 0.4) is 0 Å². The van der Waals surface area contributed by atoms with E-state index in [4.69, 9.17) is 18.9 Å². The molecule has 1 fully saturated rings. The quantitative estimate of drug-likeness (QED) is 0.757. The molecule has 1 heterocycles. The van der Waals surface area contributed by atoms with Crippen molar-refractivity contribution in [1.82, 2.24) is 10.2 Å². The minimum absolute atomic E-state index is 0.0161. The Hall–Kier alpha value is -1.99. The Balaban J connectivity index is 2.01. The first-order chi connectivity index (χ1) is 12.5. The summed E-state index contributed by atoms with van der Waals surface area (Å²) in [7, 11) is 4.56. The highest BCUT2D eigenvalue weighted by Gasteiger charge is 2.24. The van der Waals surface area contributed by atoms with Gasteiger partial charge in [-0.3, -0.25) is 9.69 Å². The molecule has 7 heteroatoms. The van der Waals surface area contributed by atoms with Crippen LogP contribution in [0.5, 0.6) is 17.2 Å². The van der Waals surface area contributed by atoms with E-state index in [0.29, 0.717) is 41.9 Å². The van der Waals surface area contributed by atoms with E-state index in [1.807, 2.05) is 0 Å². The van der Waals surface area contributed by atoms with Crippen molar-refractivity contribution in [3.8, 4) is 17.2 Å². The summed E-state index contributed by atoms with van der Waals surface area (Å²) in [6, 6.07) is 3.36. The molecule has 2 rings (SSSR count). The Morgan fingerprint density at radius 2 is 1.96 bits per heavy atom. The lowest BCUT2D eigenvalue weighted by Crippen LogP contribution is -2.48. The van der Waals surface area contributed by atoms with Crippen molar-refractivity contribution >= 4 is 5.91 Å². The third kappa shape index (κ3) is 5.02. The number of carbonyl (C=O) groups is 1. The van der Waals surface area contributed by atoms with E-state index in [9.17, 15) is 4.79 Å². The van der Waals surface area contributed by atoms with Crippen LogP contribution in [0.25, 0.3) is 0 Å². The molecule has 0 saturated carbocycles. The molecular weight excluding hydrogens is 336 g/mol. The fourth-order valence-electron chi connectivity index (χ4n) is 3.17. The van der Waals surface area contributed by atoms with Gasteiger partial charge in [0.15, 0.2) is 11.5 Å². The Morgan fingerprint density at radius 1 is 1.23 bits per heavy atom. The van der Waals surface area contributed by atoms with E-state index in [2.05, 4.69) is 24.1 Å². The summed E-state index contributed by atoms with van der Waals surface area (Å²) in [6.07, 6.45) is -0.0161. The first-order valence-electron chi connectivity index (χ1n) is 8.91. The fourth-order valence-corrected chi connectivity index (χ4v) is 3.17. The van der Waals surface area contributed by atoms with Crippen LogP contribution in [0.1, 0.15) is 24.2 Å². The molecule has 1 aromatic rings. The lowest BCUT2D eigenvalue weighted by molar-refractivity contribution is -0.0295. The Kier molecular flexibility index (Phi) is 7.53. The molecule has 1 aliphatic heterocycles. The van der Waals surface area contributed by atoms with Crippen molar-refractivity contribution in [2.24, 2.45) is 5.92 Å². The van der Waals surface area contributed by atoms with E-state index in [1.165, 1.54) is 14.2 Å². The molecule has 0 bridgehead atoms. The van der Waals surface area contributed by atoms with E-state index < -0.39 is 0 Å². The Labute approximate surface area is 155 Å². The predicted molar refractivity (Wildman–Crippen MR) is 99.4 cm³/mol. The van der Waals surface area contributed by atoms with Gasteiger partial charge in [0.1, 0.15) is 0 Å². The van der Waals surface area contributed by atoms with Crippen LogP contribution >= 0.6 is 0 Å². The minimum atomic E-state index is -0.229. The molecule has 1 aliphatic rings. The van der Waals surface area contributed by atoms with Gasteiger partial charge in [-0.2, -0.15) is 0 Å². The zero-order chi connectivity index (χ0) is 19.1. The van der Waals surface area contributed by atoms with Crippen molar-refractivity contribution in [3.05, 3.63) is 17.7 Å². The number of methoxy groups -OCH3 is 3. The van der Waals surface area contributed by atoms with Crippen LogP contribution in [0.15, 0.2) is 12.1 Å². The largest absolute Gasteiger partial charge is 0.493 e. The number of nitrogens with zero attached hydrogens (tertiary/aromatic N) is 1. The smallest absolute Gasteiger partial charge is 0.255 e. The summed E-state index contributed by atoms with van der Waals surface area (Å²) in [5.41, 5.74) is 0.403.